The van der Waals surface area contributed by atoms with Gasteiger partial charge in [0.1, 0.15) is 6.54 Å². The zero-order valence-electron chi connectivity index (χ0n) is 19.1. The summed E-state index contributed by atoms with van der Waals surface area (Å²) in [4.78, 5) is 53.5. The average molecular weight is 466 g/mol. The van der Waals surface area contributed by atoms with Crippen LogP contribution in [0.1, 0.15) is 51.4 Å². The third-order valence-electron chi connectivity index (χ3n) is 7.56. The average Bonchev–Trinajstić information content (AvgIpc) is 3.14. The lowest BCUT2D eigenvalue weighted by atomic mass is 9.55. The molecule has 1 saturated heterocycles. The fraction of sp³-hybridized carbons (Fsp3) is 0.241. The number of hydrogen-bond donors (Lipinski definition) is 0. The number of rotatable bonds is 5. The summed E-state index contributed by atoms with van der Waals surface area (Å²) in [7, 11) is 0. The molecule has 6 nitrogen and oxygen atoms in total. The van der Waals surface area contributed by atoms with E-state index in [0.717, 1.165) is 27.2 Å². The van der Waals surface area contributed by atoms with Crippen molar-refractivity contribution in [2.45, 2.75) is 24.9 Å². The highest BCUT2D eigenvalue weighted by molar-refractivity contribution is 6.09. The van der Waals surface area contributed by atoms with E-state index < -0.39 is 30.5 Å². The molecule has 1 aliphatic heterocycles. The smallest absolute Gasteiger partial charge is 0.326 e. The van der Waals surface area contributed by atoms with Gasteiger partial charge in [-0.2, -0.15) is 0 Å². The van der Waals surface area contributed by atoms with E-state index in [4.69, 9.17) is 4.74 Å². The largest absolute Gasteiger partial charge is 0.453 e. The lowest BCUT2D eigenvalue weighted by Gasteiger charge is -2.45. The number of ketones is 1. The summed E-state index contributed by atoms with van der Waals surface area (Å²) in [5.74, 6) is -3.36. The van der Waals surface area contributed by atoms with Crippen LogP contribution in [0.5, 0.6) is 0 Å². The molecule has 35 heavy (non-hydrogen) atoms. The molecule has 1 heterocycles. The van der Waals surface area contributed by atoms with Gasteiger partial charge in [0.15, 0.2) is 6.10 Å². The third-order valence-corrected chi connectivity index (χ3v) is 7.56. The van der Waals surface area contributed by atoms with Crippen LogP contribution in [0, 0.1) is 11.8 Å². The molecule has 3 aliphatic carbocycles. The predicted octanol–water partition coefficient (Wildman–Crippen LogP) is 3.69. The standard InChI is InChI=1S/C29H23NO5/c1-16(27(32)17-9-3-2-4-10-17)35-22(31)15-30-28(33)25-23-18-11-5-6-12-19(18)24(26(25)29(30)34)21-14-8-7-13-20(21)23/h2-14,16,23-26H,15H2,1H3/t16-,23?,24?,25-,26+/m0/s1. The molecule has 1 fully saturated rings. The maximum absolute atomic E-state index is 13.6. The first-order valence-corrected chi connectivity index (χ1v) is 11.8. The van der Waals surface area contributed by atoms with Crippen molar-refractivity contribution in [2.24, 2.45) is 11.8 Å². The number of carbonyl (C=O) groups is 4. The van der Waals surface area contributed by atoms with Gasteiger partial charge < -0.3 is 4.74 Å². The first kappa shape index (κ1) is 21.5. The van der Waals surface area contributed by atoms with E-state index in [-0.39, 0.29) is 29.4 Å². The fourth-order valence-corrected chi connectivity index (χ4v) is 6.15. The quantitative estimate of drug-likeness (QED) is 0.326. The normalized spacial score (nSPS) is 24.4. The van der Waals surface area contributed by atoms with E-state index in [2.05, 4.69) is 0 Å². The summed E-state index contributed by atoms with van der Waals surface area (Å²) in [5.41, 5.74) is 4.73. The van der Waals surface area contributed by atoms with Crippen LogP contribution in [0.2, 0.25) is 0 Å². The van der Waals surface area contributed by atoms with Gasteiger partial charge in [0, 0.05) is 17.4 Å². The number of hydrogen-bond acceptors (Lipinski definition) is 5. The number of likely N-dealkylation sites (tertiary alicyclic amines) is 1. The van der Waals surface area contributed by atoms with Crippen LogP contribution in [-0.4, -0.2) is 41.1 Å². The first-order valence-electron chi connectivity index (χ1n) is 11.8. The number of esters is 1. The van der Waals surface area contributed by atoms with Gasteiger partial charge in [0.2, 0.25) is 17.6 Å². The third kappa shape index (κ3) is 3.16. The summed E-state index contributed by atoms with van der Waals surface area (Å²) in [5, 5.41) is 0. The molecule has 4 aliphatic rings. The van der Waals surface area contributed by atoms with Crippen LogP contribution in [0.3, 0.4) is 0 Å². The first-order chi connectivity index (χ1) is 17.0. The van der Waals surface area contributed by atoms with Crippen LogP contribution in [-0.2, 0) is 19.1 Å². The number of nitrogens with zero attached hydrogens (tertiary/aromatic N) is 1. The van der Waals surface area contributed by atoms with Gasteiger partial charge in [-0.1, -0.05) is 78.9 Å². The molecule has 0 spiro atoms. The maximum Gasteiger partial charge on any atom is 0.326 e. The molecule has 0 unspecified atom stereocenters. The molecule has 3 aromatic carbocycles. The van der Waals surface area contributed by atoms with Crippen molar-refractivity contribution in [2.75, 3.05) is 6.54 Å². The molecule has 0 N–H and O–H groups in total. The van der Waals surface area contributed by atoms with Gasteiger partial charge in [-0.15, -0.1) is 0 Å². The van der Waals surface area contributed by atoms with Crippen molar-refractivity contribution in [1.29, 1.82) is 0 Å². The summed E-state index contributed by atoms with van der Waals surface area (Å²) in [6.45, 7) is 0.997. The second kappa shape index (κ2) is 8.01. The Bertz CT molecular complexity index is 1270. The van der Waals surface area contributed by atoms with Crippen LogP contribution in [0.25, 0.3) is 0 Å². The van der Waals surface area contributed by atoms with E-state index >= 15 is 0 Å². The van der Waals surface area contributed by atoms with Gasteiger partial charge >= 0.3 is 5.97 Å². The molecule has 0 radical (unpaired) electrons. The van der Waals surface area contributed by atoms with Crippen molar-refractivity contribution in [1.82, 2.24) is 4.90 Å². The molecule has 2 amide bonds. The Morgan fingerprint density at radius 3 is 1.63 bits per heavy atom. The zero-order chi connectivity index (χ0) is 24.3. The van der Waals surface area contributed by atoms with E-state index in [0.29, 0.717) is 5.56 Å². The minimum Gasteiger partial charge on any atom is -0.453 e. The van der Waals surface area contributed by atoms with Crippen molar-refractivity contribution >= 4 is 23.6 Å². The summed E-state index contributed by atoms with van der Waals surface area (Å²) in [6, 6.07) is 24.5. The SMILES string of the molecule is C[C@H](OC(=O)CN1C(=O)[C@@H]2C3c4ccccc4C(c4ccccc43)[C@@H]2C1=O)C(=O)c1ccccc1. The Morgan fingerprint density at radius 2 is 1.17 bits per heavy atom. The number of carbonyl (C=O) groups excluding carboxylic acids is 4. The molecule has 0 saturated carbocycles. The molecule has 174 valence electrons. The van der Waals surface area contributed by atoms with Gasteiger partial charge in [-0.25, -0.2) is 0 Å². The van der Waals surface area contributed by atoms with Gasteiger partial charge in [-0.05, 0) is 29.2 Å². The van der Waals surface area contributed by atoms with Gasteiger partial charge in [-0.3, -0.25) is 24.1 Å². The molecular formula is C29H23NO5. The van der Waals surface area contributed by atoms with E-state index in [9.17, 15) is 19.2 Å². The molecule has 2 bridgehead atoms. The Kier molecular flexibility index (Phi) is 4.92. The van der Waals surface area contributed by atoms with Gasteiger partial charge in [0.25, 0.3) is 0 Å². The number of amides is 2. The van der Waals surface area contributed by atoms with E-state index in [1.807, 2.05) is 48.5 Å². The molecule has 7 rings (SSSR count). The summed E-state index contributed by atoms with van der Waals surface area (Å²) in [6.07, 6.45) is -1.02. The second-order valence-electron chi connectivity index (χ2n) is 9.39. The highest BCUT2D eigenvalue weighted by Gasteiger charge is 2.61. The second-order valence-corrected chi connectivity index (χ2v) is 9.39. The lowest BCUT2D eigenvalue weighted by Crippen LogP contribution is -2.41. The predicted molar refractivity (Wildman–Crippen MR) is 127 cm³/mol. The lowest BCUT2D eigenvalue weighted by molar-refractivity contribution is -0.154. The Labute approximate surface area is 202 Å². The molecule has 0 aromatic heterocycles. The van der Waals surface area contributed by atoms with Crippen LogP contribution in [0.15, 0.2) is 78.9 Å². The number of Topliss-reactive ketones (excluding diaryl/α,β-unsaturated/α-hetero) is 1. The highest BCUT2D eigenvalue weighted by Crippen LogP contribution is 2.60. The number of benzene rings is 3. The number of imide groups is 1. The van der Waals surface area contributed by atoms with E-state index in [1.165, 1.54) is 6.92 Å². The monoisotopic (exact) mass is 465 g/mol. The van der Waals surface area contributed by atoms with Crippen LogP contribution in [0.4, 0.5) is 0 Å². The fourth-order valence-electron chi connectivity index (χ4n) is 6.15. The minimum absolute atomic E-state index is 0.228. The summed E-state index contributed by atoms with van der Waals surface area (Å²) >= 11 is 0. The minimum atomic E-state index is -1.02. The topological polar surface area (TPSA) is 80.8 Å². The van der Waals surface area contributed by atoms with Crippen molar-refractivity contribution in [3.8, 4) is 0 Å². The van der Waals surface area contributed by atoms with Crippen molar-refractivity contribution in [3.63, 3.8) is 0 Å². The molecule has 6 heteroatoms. The Morgan fingerprint density at radius 1 is 0.743 bits per heavy atom. The molecule has 3 aromatic rings. The molecule has 3 atom stereocenters. The zero-order valence-corrected chi connectivity index (χ0v) is 19.1. The number of ether oxygens (including phenoxy) is 1. The Hall–Kier alpha value is -4.06. The summed E-state index contributed by atoms with van der Waals surface area (Å²) < 4.78 is 5.34. The van der Waals surface area contributed by atoms with Crippen molar-refractivity contribution in [3.05, 3.63) is 107 Å². The van der Waals surface area contributed by atoms with Crippen LogP contribution >= 0.6 is 0 Å². The Balaban J connectivity index is 1.26. The van der Waals surface area contributed by atoms with Gasteiger partial charge in [0.05, 0.1) is 11.8 Å². The highest BCUT2D eigenvalue weighted by atomic mass is 16.5. The maximum atomic E-state index is 13.6. The van der Waals surface area contributed by atoms with Crippen molar-refractivity contribution < 1.29 is 23.9 Å². The van der Waals surface area contributed by atoms with Crippen LogP contribution < -0.4 is 0 Å². The molecular weight excluding hydrogens is 442 g/mol. The van der Waals surface area contributed by atoms with E-state index in [1.54, 1.807) is 30.3 Å².